The molecule has 2 atom stereocenters. The van der Waals surface area contributed by atoms with Gasteiger partial charge >= 0.3 is 0 Å². The van der Waals surface area contributed by atoms with Gasteiger partial charge in [-0.05, 0) is 31.1 Å². The zero-order valence-corrected chi connectivity index (χ0v) is 18.7. The topological polar surface area (TPSA) is 88.3 Å². The van der Waals surface area contributed by atoms with E-state index in [1.807, 2.05) is 20.8 Å². The molecule has 1 N–H and O–H groups in total. The van der Waals surface area contributed by atoms with E-state index in [1.165, 1.54) is 20.0 Å². The van der Waals surface area contributed by atoms with Crippen molar-refractivity contribution in [3.05, 3.63) is 23.5 Å². The number of hydrogen-bond acceptors (Lipinski definition) is 5. The molecule has 1 amide bonds. The molecule has 1 heterocycles. The second kappa shape index (κ2) is 9.14. The zero-order valence-electron chi connectivity index (χ0n) is 18.7. The average molecular weight is 424 g/mol. The first-order valence-corrected chi connectivity index (χ1v) is 10.00. The molecule has 9 heteroatoms. The first kappa shape index (κ1) is 23.8. The number of amidine groups is 1. The molecule has 1 unspecified atom stereocenters. The van der Waals surface area contributed by atoms with Gasteiger partial charge < -0.3 is 10.1 Å². The second-order valence-corrected chi connectivity index (χ2v) is 8.75. The van der Waals surface area contributed by atoms with Crippen LogP contribution < -0.4 is 10.1 Å². The highest BCUT2D eigenvalue weighted by molar-refractivity contribution is 5.98. The van der Waals surface area contributed by atoms with Gasteiger partial charge in [0.1, 0.15) is 11.4 Å². The molecule has 1 aromatic heterocycles. The average Bonchev–Trinajstić information content (AvgIpc) is 3.47. The Kier molecular flexibility index (Phi) is 7.26. The van der Waals surface area contributed by atoms with E-state index in [1.54, 1.807) is 13.2 Å². The Balaban J connectivity index is 2.33. The zero-order chi connectivity index (χ0) is 22.7. The lowest BCUT2D eigenvalue weighted by Gasteiger charge is -2.30. The summed E-state index contributed by atoms with van der Waals surface area (Å²) in [5, 5.41) is 10.7. The van der Waals surface area contributed by atoms with Crippen LogP contribution in [-0.4, -0.2) is 48.9 Å². The Morgan fingerprint density at radius 3 is 2.37 bits per heavy atom. The SMILES string of the molecule is CN=NC(=NC)C(NC(=O)c1cc(O[C@@H](C)C(C)(F)F)c(C2CC2)cn1)C(C)(C)C. The predicted molar refractivity (Wildman–Crippen MR) is 112 cm³/mol. The summed E-state index contributed by atoms with van der Waals surface area (Å²) >= 11 is 0. The van der Waals surface area contributed by atoms with Crippen molar-refractivity contribution in [3.63, 3.8) is 0 Å². The monoisotopic (exact) mass is 423 g/mol. The van der Waals surface area contributed by atoms with E-state index in [9.17, 15) is 13.6 Å². The van der Waals surface area contributed by atoms with Gasteiger partial charge in [0.15, 0.2) is 11.9 Å². The first-order valence-electron chi connectivity index (χ1n) is 10.00. The lowest BCUT2D eigenvalue weighted by Crippen LogP contribution is -2.48. The van der Waals surface area contributed by atoms with Crippen LogP contribution in [0.15, 0.2) is 27.5 Å². The minimum Gasteiger partial charge on any atom is -0.484 e. The summed E-state index contributed by atoms with van der Waals surface area (Å²) in [6.07, 6.45) is 2.12. The molecule has 0 bridgehead atoms. The van der Waals surface area contributed by atoms with Crippen LogP contribution in [0.25, 0.3) is 0 Å². The highest BCUT2D eigenvalue weighted by atomic mass is 19.3. The summed E-state index contributed by atoms with van der Waals surface area (Å²) < 4.78 is 32.9. The van der Waals surface area contributed by atoms with Crippen LogP contribution in [0.5, 0.6) is 5.75 Å². The van der Waals surface area contributed by atoms with Crippen LogP contribution in [0.2, 0.25) is 0 Å². The van der Waals surface area contributed by atoms with E-state index in [-0.39, 0.29) is 17.4 Å². The van der Waals surface area contributed by atoms with Crippen molar-refractivity contribution < 1.29 is 18.3 Å². The Labute approximate surface area is 176 Å². The highest BCUT2D eigenvalue weighted by Gasteiger charge is 2.36. The van der Waals surface area contributed by atoms with Crippen molar-refractivity contribution in [2.24, 2.45) is 20.6 Å². The van der Waals surface area contributed by atoms with Crippen molar-refractivity contribution in [2.45, 2.75) is 71.4 Å². The Hall–Kier alpha value is -2.45. The van der Waals surface area contributed by atoms with Gasteiger partial charge in [0.25, 0.3) is 11.8 Å². The number of hydrogen-bond donors (Lipinski definition) is 1. The Bertz CT molecular complexity index is 824. The van der Waals surface area contributed by atoms with E-state index in [0.29, 0.717) is 5.84 Å². The number of amides is 1. The number of azo groups is 1. The van der Waals surface area contributed by atoms with Crippen molar-refractivity contribution in [1.29, 1.82) is 0 Å². The molecular weight excluding hydrogens is 392 g/mol. The maximum absolute atomic E-state index is 13.7. The predicted octanol–water partition coefficient (Wildman–Crippen LogP) is 4.64. The molecule has 1 aliphatic rings. The normalized spacial score (nSPS) is 17.7. The van der Waals surface area contributed by atoms with E-state index in [0.717, 1.165) is 25.3 Å². The molecule has 2 rings (SSSR count). The van der Waals surface area contributed by atoms with E-state index in [4.69, 9.17) is 4.74 Å². The molecule has 0 aromatic carbocycles. The summed E-state index contributed by atoms with van der Waals surface area (Å²) in [7, 11) is 3.11. The highest BCUT2D eigenvalue weighted by Crippen LogP contribution is 2.44. The van der Waals surface area contributed by atoms with Crippen LogP contribution in [0.4, 0.5) is 8.78 Å². The molecule has 0 radical (unpaired) electrons. The third-order valence-corrected chi connectivity index (χ3v) is 4.99. The summed E-state index contributed by atoms with van der Waals surface area (Å²) in [6, 6.07) is 0.918. The smallest absolute Gasteiger partial charge is 0.281 e. The minimum atomic E-state index is -3.01. The molecule has 30 heavy (non-hydrogen) atoms. The standard InChI is InChI=1S/C21H31F2N5O2/c1-12(21(5,22)23)30-16-10-15(26-11-14(16)13-8-9-13)19(29)27-17(20(2,3)4)18(24-6)28-25-7/h10-13,17H,8-9H2,1-7H3,(H,27,29)/t12-,17?/m0/s1. The molecule has 1 aliphatic carbocycles. The molecule has 7 nitrogen and oxygen atoms in total. The Morgan fingerprint density at radius 2 is 1.90 bits per heavy atom. The summed E-state index contributed by atoms with van der Waals surface area (Å²) in [4.78, 5) is 21.4. The van der Waals surface area contributed by atoms with Crippen LogP contribution in [0, 0.1) is 5.41 Å². The number of pyridine rings is 1. The minimum absolute atomic E-state index is 0.0826. The molecule has 0 saturated heterocycles. The molecular formula is C21H31F2N5O2. The van der Waals surface area contributed by atoms with Crippen LogP contribution in [0.3, 0.4) is 0 Å². The number of aliphatic imine (C=N–C) groups is 1. The second-order valence-electron chi connectivity index (χ2n) is 8.75. The van der Waals surface area contributed by atoms with Gasteiger partial charge in [-0.3, -0.25) is 14.8 Å². The van der Waals surface area contributed by atoms with Crippen LogP contribution in [-0.2, 0) is 0 Å². The third-order valence-electron chi connectivity index (χ3n) is 4.99. The summed E-state index contributed by atoms with van der Waals surface area (Å²) in [5.74, 6) is -2.60. The molecule has 1 saturated carbocycles. The maximum atomic E-state index is 13.7. The number of rotatable bonds is 7. The number of halogens is 2. The van der Waals surface area contributed by atoms with Gasteiger partial charge in [0.05, 0.1) is 6.04 Å². The summed E-state index contributed by atoms with van der Waals surface area (Å²) in [6.45, 7) is 7.95. The lowest BCUT2D eigenvalue weighted by molar-refractivity contribution is -0.0721. The van der Waals surface area contributed by atoms with Crippen LogP contribution >= 0.6 is 0 Å². The van der Waals surface area contributed by atoms with Gasteiger partial charge in [0.2, 0.25) is 0 Å². The fourth-order valence-corrected chi connectivity index (χ4v) is 2.88. The molecule has 1 aromatic rings. The number of alkyl halides is 2. The fraction of sp³-hybridized carbons (Fsp3) is 0.667. The molecule has 0 spiro atoms. The van der Waals surface area contributed by atoms with Crippen molar-refractivity contribution in [3.8, 4) is 5.75 Å². The van der Waals surface area contributed by atoms with Gasteiger partial charge in [-0.2, -0.15) is 5.11 Å². The van der Waals surface area contributed by atoms with Crippen molar-refractivity contribution in [1.82, 2.24) is 10.3 Å². The fourth-order valence-electron chi connectivity index (χ4n) is 2.88. The molecule has 166 valence electrons. The Morgan fingerprint density at radius 1 is 1.27 bits per heavy atom. The number of aromatic nitrogens is 1. The quantitative estimate of drug-likeness (QED) is 0.394. The number of nitrogens with zero attached hydrogens (tertiary/aromatic N) is 4. The summed E-state index contributed by atoms with van der Waals surface area (Å²) in [5.41, 5.74) is 0.440. The largest absolute Gasteiger partial charge is 0.484 e. The number of carbonyl (C=O) groups excluding carboxylic acids is 1. The van der Waals surface area contributed by atoms with Gasteiger partial charge in [0, 0.05) is 38.8 Å². The maximum Gasteiger partial charge on any atom is 0.281 e. The third kappa shape index (κ3) is 6.03. The van der Waals surface area contributed by atoms with E-state index in [2.05, 4.69) is 25.5 Å². The number of ether oxygens (including phenoxy) is 1. The van der Waals surface area contributed by atoms with Gasteiger partial charge in [-0.15, -0.1) is 5.11 Å². The number of carbonyl (C=O) groups is 1. The van der Waals surface area contributed by atoms with E-state index >= 15 is 0 Å². The van der Waals surface area contributed by atoms with Crippen LogP contribution in [0.1, 0.15) is 69.4 Å². The number of nitrogens with one attached hydrogen (secondary N) is 1. The van der Waals surface area contributed by atoms with Crippen molar-refractivity contribution >= 4 is 11.7 Å². The van der Waals surface area contributed by atoms with Crippen molar-refractivity contribution in [2.75, 3.05) is 14.1 Å². The first-order chi connectivity index (χ1) is 13.9. The van der Waals surface area contributed by atoms with E-state index < -0.39 is 29.4 Å². The molecule has 0 aliphatic heterocycles. The van der Waals surface area contributed by atoms with Gasteiger partial charge in [-0.25, -0.2) is 8.78 Å². The molecule has 1 fully saturated rings. The lowest BCUT2D eigenvalue weighted by atomic mass is 9.86. The van der Waals surface area contributed by atoms with Gasteiger partial charge in [-0.1, -0.05) is 20.8 Å².